The highest BCUT2D eigenvalue weighted by atomic mass is 35.5. The van der Waals surface area contributed by atoms with Crippen LogP contribution in [0, 0.1) is 0 Å². The van der Waals surface area contributed by atoms with E-state index >= 15 is 0 Å². The van der Waals surface area contributed by atoms with Gasteiger partial charge in [-0.05, 0) is 35.4 Å². The summed E-state index contributed by atoms with van der Waals surface area (Å²) >= 11 is 5.73. The second kappa shape index (κ2) is 5.07. The van der Waals surface area contributed by atoms with Crippen LogP contribution in [0.15, 0.2) is 49.1 Å². The van der Waals surface area contributed by atoms with Crippen LogP contribution in [-0.4, -0.2) is 19.9 Å². The molecule has 0 saturated carbocycles. The summed E-state index contributed by atoms with van der Waals surface area (Å²) in [5, 5.41) is 3.38. The third-order valence-corrected chi connectivity index (χ3v) is 2.77. The maximum absolute atomic E-state index is 5.73. The molecule has 0 amide bonds. The lowest BCUT2D eigenvalue weighted by molar-refractivity contribution is 1.17. The molecule has 2 heterocycles. The second-order valence-corrected chi connectivity index (χ2v) is 4.22. The van der Waals surface area contributed by atoms with Gasteiger partial charge in [-0.1, -0.05) is 12.1 Å². The van der Waals surface area contributed by atoms with E-state index in [1.54, 1.807) is 24.8 Å². The molecule has 0 radical (unpaired) electrons. The van der Waals surface area contributed by atoms with Crippen LogP contribution in [0.4, 0.5) is 11.5 Å². The summed E-state index contributed by atoms with van der Waals surface area (Å²) in [5.41, 5.74) is 2.98. The molecule has 2 N–H and O–H groups in total. The van der Waals surface area contributed by atoms with Crippen LogP contribution in [0.3, 0.4) is 0 Å². The number of H-pyrrole nitrogens is 1. The van der Waals surface area contributed by atoms with Gasteiger partial charge in [-0.15, -0.1) is 0 Å². The highest BCUT2D eigenvalue weighted by Crippen LogP contribution is 2.21. The first-order valence-corrected chi connectivity index (χ1v) is 6.03. The third kappa shape index (κ3) is 2.71. The van der Waals surface area contributed by atoms with Crippen molar-refractivity contribution in [2.24, 2.45) is 0 Å². The van der Waals surface area contributed by atoms with E-state index in [2.05, 4.69) is 25.3 Å². The van der Waals surface area contributed by atoms with E-state index in [0.717, 1.165) is 16.9 Å². The molecule has 0 fully saturated rings. The number of imidazole rings is 1. The van der Waals surface area contributed by atoms with Crippen molar-refractivity contribution >= 4 is 23.1 Å². The van der Waals surface area contributed by atoms with Crippen molar-refractivity contribution in [2.75, 3.05) is 5.32 Å². The van der Waals surface area contributed by atoms with Gasteiger partial charge in [0.25, 0.3) is 0 Å². The van der Waals surface area contributed by atoms with E-state index in [9.17, 15) is 0 Å². The van der Waals surface area contributed by atoms with Crippen LogP contribution in [0.5, 0.6) is 0 Å². The number of rotatable bonds is 3. The first kappa shape index (κ1) is 11.7. The van der Waals surface area contributed by atoms with Crippen LogP contribution < -0.4 is 5.32 Å². The normalized spacial score (nSPS) is 10.4. The van der Waals surface area contributed by atoms with Crippen LogP contribution in [0.2, 0.25) is 5.28 Å². The van der Waals surface area contributed by atoms with Crippen molar-refractivity contribution < 1.29 is 0 Å². The van der Waals surface area contributed by atoms with Crippen molar-refractivity contribution in [1.29, 1.82) is 0 Å². The molecular weight excluding hydrogens is 262 g/mol. The van der Waals surface area contributed by atoms with Gasteiger partial charge in [-0.25, -0.2) is 15.0 Å². The Hall–Kier alpha value is -2.40. The summed E-state index contributed by atoms with van der Waals surface area (Å²) < 4.78 is 0. The van der Waals surface area contributed by atoms with Crippen LogP contribution in [0.1, 0.15) is 0 Å². The summed E-state index contributed by atoms with van der Waals surface area (Å²) in [5.74, 6) is 0.661. The molecule has 1 aromatic carbocycles. The summed E-state index contributed by atoms with van der Waals surface area (Å²) in [7, 11) is 0. The summed E-state index contributed by atoms with van der Waals surface area (Å²) in [6.45, 7) is 0. The molecule has 94 valence electrons. The Bertz CT molecular complexity index is 664. The van der Waals surface area contributed by atoms with Gasteiger partial charge in [-0.3, -0.25) is 0 Å². The molecule has 2 aromatic heterocycles. The standard InChI is InChI=1S/C13H10ClN5/c14-13-16-6-5-12(19-13)18-10-3-1-9(2-4-10)11-7-15-8-17-11/h1-8H,(H,15,17)(H,16,18,19). The van der Waals surface area contributed by atoms with Crippen LogP contribution >= 0.6 is 11.6 Å². The van der Waals surface area contributed by atoms with E-state index in [4.69, 9.17) is 11.6 Å². The van der Waals surface area contributed by atoms with E-state index in [1.807, 2.05) is 24.3 Å². The minimum atomic E-state index is 0.221. The van der Waals surface area contributed by atoms with Crippen LogP contribution in [-0.2, 0) is 0 Å². The number of halogens is 1. The number of nitrogens with zero attached hydrogens (tertiary/aromatic N) is 3. The molecule has 0 bridgehead atoms. The van der Waals surface area contributed by atoms with Crippen LogP contribution in [0.25, 0.3) is 11.3 Å². The van der Waals surface area contributed by atoms with E-state index in [0.29, 0.717) is 5.82 Å². The highest BCUT2D eigenvalue weighted by Gasteiger charge is 2.00. The zero-order valence-corrected chi connectivity index (χ0v) is 10.6. The lowest BCUT2D eigenvalue weighted by atomic mass is 10.1. The van der Waals surface area contributed by atoms with E-state index in [-0.39, 0.29) is 5.28 Å². The molecule has 0 spiro atoms. The van der Waals surface area contributed by atoms with Crippen molar-refractivity contribution in [3.63, 3.8) is 0 Å². The quantitative estimate of drug-likeness (QED) is 0.718. The molecule has 3 rings (SSSR count). The highest BCUT2D eigenvalue weighted by molar-refractivity contribution is 6.28. The van der Waals surface area contributed by atoms with Gasteiger partial charge in [-0.2, -0.15) is 0 Å². The van der Waals surface area contributed by atoms with Gasteiger partial charge in [0.1, 0.15) is 5.82 Å². The zero-order valence-electron chi connectivity index (χ0n) is 9.84. The molecular formula is C13H10ClN5. The number of nitrogens with one attached hydrogen (secondary N) is 2. The summed E-state index contributed by atoms with van der Waals surface area (Å²) in [6.07, 6.45) is 5.05. The number of aromatic amines is 1. The van der Waals surface area contributed by atoms with Gasteiger partial charge in [0, 0.05) is 11.9 Å². The molecule has 0 atom stereocenters. The number of hydrogen-bond acceptors (Lipinski definition) is 4. The minimum Gasteiger partial charge on any atom is -0.345 e. The Balaban J connectivity index is 1.80. The largest absolute Gasteiger partial charge is 0.345 e. The average Bonchev–Trinajstić information content (AvgIpc) is 2.94. The molecule has 0 aliphatic heterocycles. The molecule has 6 heteroatoms. The Kier molecular flexibility index (Phi) is 3.12. The molecule has 3 aromatic rings. The molecule has 0 saturated heterocycles. The fourth-order valence-corrected chi connectivity index (χ4v) is 1.85. The average molecular weight is 272 g/mol. The summed E-state index contributed by atoms with van der Waals surface area (Å²) in [6, 6.07) is 9.68. The third-order valence-electron chi connectivity index (χ3n) is 2.59. The van der Waals surface area contributed by atoms with Gasteiger partial charge >= 0.3 is 0 Å². The summed E-state index contributed by atoms with van der Waals surface area (Å²) in [4.78, 5) is 15.0. The molecule has 19 heavy (non-hydrogen) atoms. The SMILES string of the molecule is Clc1nccc(Nc2ccc(-c3cnc[nH]3)cc2)n1. The number of aromatic nitrogens is 4. The smallest absolute Gasteiger partial charge is 0.224 e. The zero-order chi connectivity index (χ0) is 13.1. The Morgan fingerprint density at radius 2 is 1.95 bits per heavy atom. The lowest BCUT2D eigenvalue weighted by Gasteiger charge is -2.06. The topological polar surface area (TPSA) is 66.5 Å². The van der Waals surface area contributed by atoms with E-state index < -0.39 is 0 Å². The molecule has 0 aliphatic rings. The number of hydrogen-bond donors (Lipinski definition) is 2. The molecule has 0 aliphatic carbocycles. The van der Waals surface area contributed by atoms with Gasteiger partial charge < -0.3 is 10.3 Å². The Morgan fingerprint density at radius 1 is 1.11 bits per heavy atom. The molecule has 5 nitrogen and oxygen atoms in total. The monoisotopic (exact) mass is 271 g/mol. The van der Waals surface area contributed by atoms with Crippen molar-refractivity contribution in [3.8, 4) is 11.3 Å². The maximum Gasteiger partial charge on any atom is 0.224 e. The van der Waals surface area contributed by atoms with Gasteiger partial charge in [0.15, 0.2) is 0 Å². The lowest BCUT2D eigenvalue weighted by Crippen LogP contribution is -1.94. The molecule has 0 unspecified atom stereocenters. The number of anilines is 2. The predicted octanol–water partition coefficient (Wildman–Crippen LogP) is 3.26. The van der Waals surface area contributed by atoms with E-state index in [1.165, 1.54) is 0 Å². The fourth-order valence-electron chi connectivity index (χ4n) is 1.70. The predicted molar refractivity (Wildman–Crippen MR) is 74.3 cm³/mol. The second-order valence-electron chi connectivity index (χ2n) is 3.88. The first-order chi connectivity index (χ1) is 9.31. The Morgan fingerprint density at radius 3 is 2.63 bits per heavy atom. The fraction of sp³-hybridized carbons (Fsp3) is 0. The number of benzene rings is 1. The van der Waals surface area contributed by atoms with Gasteiger partial charge in [0.2, 0.25) is 5.28 Å². The Labute approximate surface area is 114 Å². The van der Waals surface area contributed by atoms with Crippen molar-refractivity contribution in [1.82, 2.24) is 19.9 Å². The van der Waals surface area contributed by atoms with Crippen molar-refractivity contribution in [2.45, 2.75) is 0 Å². The minimum absolute atomic E-state index is 0.221. The maximum atomic E-state index is 5.73. The van der Waals surface area contributed by atoms with Crippen molar-refractivity contribution in [3.05, 3.63) is 54.3 Å². The first-order valence-electron chi connectivity index (χ1n) is 5.66. The van der Waals surface area contributed by atoms with Gasteiger partial charge in [0.05, 0.1) is 18.2 Å².